The predicted octanol–water partition coefficient (Wildman–Crippen LogP) is 1.45. The number of nitrogens with one attached hydrogen (secondary N) is 1. The highest BCUT2D eigenvalue weighted by molar-refractivity contribution is 5.48. The monoisotopic (exact) mass is 208 g/mol. The van der Waals surface area contributed by atoms with Crippen LogP contribution in [0.2, 0.25) is 0 Å². The fourth-order valence-electron chi connectivity index (χ4n) is 2.07. The molecule has 0 unspecified atom stereocenters. The number of anilines is 1. The minimum Gasteiger partial charge on any atom is -0.382 e. The molecule has 1 heterocycles. The average Bonchev–Trinajstić information content (AvgIpc) is 2.48. The summed E-state index contributed by atoms with van der Waals surface area (Å²) in [7, 11) is 2.03. The molecule has 3 N–H and O–H groups in total. The Labute approximate surface area is 90.8 Å². The summed E-state index contributed by atoms with van der Waals surface area (Å²) in [6.45, 7) is 1.69. The van der Waals surface area contributed by atoms with Crippen LogP contribution in [-0.2, 0) is 7.05 Å². The molecular weight excluding hydrogens is 188 g/mol. The van der Waals surface area contributed by atoms with Gasteiger partial charge in [0.1, 0.15) is 0 Å². The molecule has 0 spiro atoms. The van der Waals surface area contributed by atoms with Crippen molar-refractivity contribution in [1.29, 1.82) is 0 Å². The smallest absolute Gasteiger partial charge is 0.0761 e. The molecule has 1 fully saturated rings. The Morgan fingerprint density at radius 1 is 1.60 bits per heavy atom. The van der Waals surface area contributed by atoms with Crippen LogP contribution in [0.25, 0.3) is 0 Å². The van der Waals surface area contributed by atoms with E-state index in [0.29, 0.717) is 0 Å². The quantitative estimate of drug-likeness (QED) is 0.720. The highest BCUT2D eigenvalue weighted by Crippen LogP contribution is 2.39. The highest BCUT2D eigenvalue weighted by Gasteiger charge is 2.25. The first-order valence-corrected chi connectivity index (χ1v) is 5.78. The molecule has 1 saturated carbocycles. The van der Waals surface area contributed by atoms with E-state index < -0.39 is 0 Å². The Morgan fingerprint density at radius 2 is 2.40 bits per heavy atom. The minimum atomic E-state index is 0.720. The van der Waals surface area contributed by atoms with Crippen LogP contribution >= 0.6 is 0 Å². The molecule has 0 saturated heterocycles. The van der Waals surface area contributed by atoms with Gasteiger partial charge in [0, 0.05) is 19.5 Å². The van der Waals surface area contributed by atoms with Crippen molar-refractivity contribution in [2.24, 2.45) is 12.8 Å². The number of aromatic nitrogens is 2. The Kier molecular flexibility index (Phi) is 3.26. The number of nitrogens with two attached hydrogens (primary N) is 1. The largest absolute Gasteiger partial charge is 0.382 e. The van der Waals surface area contributed by atoms with E-state index in [2.05, 4.69) is 10.4 Å². The standard InChI is InChI=1S/C11H20N4/c1-15-11(9-4-2-5-9)10(8-14-15)13-7-3-6-12/h8-9,13H,2-7,12H2,1H3. The van der Waals surface area contributed by atoms with Gasteiger partial charge in [0.15, 0.2) is 0 Å². The van der Waals surface area contributed by atoms with Crippen LogP contribution < -0.4 is 11.1 Å². The van der Waals surface area contributed by atoms with E-state index in [4.69, 9.17) is 5.73 Å². The molecule has 0 aromatic carbocycles. The summed E-state index contributed by atoms with van der Waals surface area (Å²) in [6, 6.07) is 0. The number of hydrogen-bond acceptors (Lipinski definition) is 3. The molecule has 0 bridgehead atoms. The van der Waals surface area contributed by atoms with E-state index in [0.717, 1.165) is 25.4 Å². The Balaban J connectivity index is 2.02. The normalized spacial score (nSPS) is 16.4. The topological polar surface area (TPSA) is 55.9 Å². The highest BCUT2D eigenvalue weighted by atomic mass is 15.3. The van der Waals surface area contributed by atoms with Crippen molar-refractivity contribution >= 4 is 5.69 Å². The van der Waals surface area contributed by atoms with Crippen LogP contribution in [0.15, 0.2) is 6.20 Å². The number of nitrogens with zero attached hydrogens (tertiary/aromatic N) is 2. The minimum absolute atomic E-state index is 0.720. The first-order valence-electron chi connectivity index (χ1n) is 5.78. The van der Waals surface area contributed by atoms with Crippen LogP contribution in [0.5, 0.6) is 0 Å². The molecule has 4 heteroatoms. The maximum absolute atomic E-state index is 5.47. The van der Waals surface area contributed by atoms with Crippen molar-refractivity contribution < 1.29 is 0 Å². The second-order valence-corrected chi connectivity index (χ2v) is 4.26. The molecule has 15 heavy (non-hydrogen) atoms. The lowest BCUT2D eigenvalue weighted by atomic mass is 9.82. The number of aryl methyl sites for hydroxylation is 1. The van der Waals surface area contributed by atoms with Crippen LogP contribution in [0.4, 0.5) is 5.69 Å². The summed E-state index contributed by atoms with van der Waals surface area (Å²) in [5, 5.41) is 7.74. The van der Waals surface area contributed by atoms with Gasteiger partial charge in [0.25, 0.3) is 0 Å². The molecule has 2 rings (SSSR count). The average molecular weight is 208 g/mol. The van der Waals surface area contributed by atoms with Crippen molar-refractivity contribution in [2.45, 2.75) is 31.6 Å². The van der Waals surface area contributed by atoms with Gasteiger partial charge in [0.2, 0.25) is 0 Å². The van der Waals surface area contributed by atoms with Crippen molar-refractivity contribution in [1.82, 2.24) is 9.78 Å². The van der Waals surface area contributed by atoms with Crippen molar-refractivity contribution in [3.8, 4) is 0 Å². The van der Waals surface area contributed by atoms with Crippen molar-refractivity contribution in [2.75, 3.05) is 18.4 Å². The van der Waals surface area contributed by atoms with E-state index in [-0.39, 0.29) is 0 Å². The van der Waals surface area contributed by atoms with E-state index in [1.807, 2.05) is 17.9 Å². The third-order valence-electron chi connectivity index (χ3n) is 3.17. The van der Waals surface area contributed by atoms with Gasteiger partial charge in [-0.25, -0.2) is 0 Å². The van der Waals surface area contributed by atoms with E-state index in [1.165, 1.54) is 30.6 Å². The molecule has 0 amide bonds. The Bertz CT molecular complexity index is 314. The van der Waals surface area contributed by atoms with Crippen LogP contribution in [-0.4, -0.2) is 22.9 Å². The van der Waals surface area contributed by atoms with Crippen molar-refractivity contribution in [3.05, 3.63) is 11.9 Å². The molecule has 1 aromatic heterocycles. The van der Waals surface area contributed by atoms with E-state index >= 15 is 0 Å². The van der Waals surface area contributed by atoms with Crippen LogP contribution in [0.1, 0.15) is 37.3 Å². The van der Waals surface area contributed by atoms with Gasteiger partial charge in [-0.3, -0.25) is 4.68 Å². The predicted molar refractivity (Wildman–Crippen MR) is 62.0 cm³/mol. The zero-order valence-electron chi connectivity index (χ0n) is 9.37. The lowest BCUT2D eigenvalue weighted by Crippen LogP contribution is -2.16. The molecule has 0 aliphatic heterocycles. The summed E-state index contributed by atoms with van der Waals surface area (Å²) in [5.74, 6) is 0.720. The van der Waals surface area contributed by atoms with Gasteiger partial charge in [-0.1, -0.05) is 6.42 Å². The molecule has 84 valence electrons. The summed E-state index contributed by atoms with van der Waals surface area (Å²) >= 11 is 0. The van der Waals surface area contributed by atoms with Crippen LogP contribution in [0.3, 0.4) is 0 Å². The molecule has 4 nitrogen and oxygen atoms in total. The summed E-state index contributed by atoms with van der Waals surface area (Å²) in [4.78, 5) is 0. The van der Waals surface area contributed by atoms with Gasteiger partial charge in [-0.2, -0.15) is 5.10 Å². The Morgan fingerprint density at radius 3 is 3.00 bits per heavy atom. The molecular formula is C11H20N4. The SMILES string of the molecule is Cn1ncc(NCCCN)c1C1CCC1. The molecule has 1 aliphatic rings. The van der Waals surface area contributed by atoms with E-state index in [9.17, 15) is 0 Å². The zero-order valence-corrected chi connectivity index (χ0v) is 9.37. The van der Waals surface area contributed by atoms with Gasteiger partial charge in [-0.15, -0.1) is 0 Å². The van der Waals surface area contributed by atoms with Gasteiger partial charge in [-0.05, 0) is 25.8 Å². The zero-order chi connectivity index (χ0) is 10.7. The second-order valence-electron chi connectivity index (χ2n) is 4.26. The maximum Gasteiger partial charge on any atom is 0.0761 e. The summed E-state index contributed by atoms with van der Waals surface area (Å²) in [6.07, 6.45) is 6.93. The fraction of sp³-hybridized carbons (Fsp3) is 0.727. The van der Waals surface area contributed by atoms with Crippen molar-refractivity contribution in [3.63, 3.8) is 0 Å². The third-order valence-corrected chi connectivity index (χ3v) is 3.17. The molecule has 1 aromatic rings. The second kappa shape index (κ2) is 4.66. The summed E-state index contributed by atoms with van der Waals surface area (Å²) in [5.41, 5.74) is 8.05. The number of hydrogen-bond donors (Lipinski definition) is 2. The fourth-order valence-corrected chi connectivity index (χ4v) is 2.07. The third kappa shape index (κ3) is 2.15. The molecule has 0 atom stereocenters. The first-order chi connectivity index (χ1) is 7.33. The first kappa shape index (κ1) is 10.5. The molecule has 0 radical (unpaired) electrons. The summed E-state index contributed by atoms with van der Waals surface area (Å²) < 4.78 is 2.01. The molecule has 1 aliphatic carbocycles. The van der Waals surface area contributed by atoms with Crippen LogP contribution in [0, 0.1) is 0 Å². The van der Waals surface area contributed by atoms with Gasteiger partial charge in [0.05, 0.1) is 17.6 Å². The lowest BCUT2D eigenvalue weighted by Gasteiger charge is -2.26. The van der Waals surface area contributed by atoms with E-state index in [1.54, 1.807) is 0 Å². The Hall–Kier alpha value is -1.03. The lowest BCUT2D eigenvalue weighted by molar-refractivity contribution is 0.398. The maximum atomic E-state index is 5.47. The van der Waals surface area contributed by atoms with Gasteiger partial charge < -0.3 is 11.1 Å². The number of rotatable bonds is 5. The van der Waals surface area contributed by atoms with Gasteiger partial charge >= 0.3 is 0 Å².